The van der Waals surface area contributed by atoms with Crippen LogP contribution >= 0.6 is 0 Å². The summed E-state index contributed by atoms with van der Waals surface area (Å²) < 4.78 is 13.6. The van der Waals surface area contributed by atoms with Crippen LogP contribution in [0.2, 0.25) is 0 Å². The van der Waals surface area contributed by atoms with Crippen molar-refractivity contribution < 1.29 is 29.0 Å². The van der Waals surface area contributed by atoms with E-state index in [0.29, 0.717) is 19.3 Å². The van der Waals surface area contributed by atoms with Gasteiger partial charge in [0.1, 0.15) is 5.78 Å². The maximum atomic E-state index is 14.3. The molecule has 1 heterocycles. The van der Waals surface area contributed by atoms with Gasteiger partial charge in [0.2, 0.25) is 0 Å². The number of aliphatic hydroxyl groups excluding tert-OH is 1. The van der Waals surface area contributed by atoms with E-state index in [1.54, 1.807) is 6.08 Å². The Balaban J connectivity index is 1.38. The van der Waals surface area contributed by atoms with Crippen LogP contribution in [0, 0.1) is 40.4 Å². The Hall–Kier alpha value is -1.63. The number of hydrogen-bond donors (Lipinski definition) is 1. The number of carbonyl (C=O) groups is 3. The topological polar surface area (TPSA) is 89.9 Å². The van der Waals surface area contributed by atoms with Crippen molar-refractivity contribution in [3.63, 3.8) is 0 Å². The van der Waals surface area contributed by atoms with E-state index in [4.69, 9.17) is 9.47 Å². The molecule has 1 N–H and O–H groups in total. The standard InChI is InChI=1S/C32H44O6/c1-18(2)24(34)16-26(36)32-27(37-29(38-32)19-8-6-5-7-9-19)15-23-22-11-10-20-14-21(33)12-13-30(20,3)28(22)25(35)17-31(23,32)4/h10,12-13,18-19,22-23,25,27-29,35H,5-9,11,14-17H2,1-4H3. The molecule has 1 saturated heterocycles. The number of carbonyl (C=O) groups excluding carboxylic acids is 3. The van der Waals surface area contributed by atoms with E-state index in [-0.39, 0.29) is 58.8 Å². The molecule has 0 aromatic carbocycles. The van der Waals surface area contributed by atoms with Crippen LogP contribution in [0.4, 0.5) is 0 Å². The Morgan fingerprint density at radius 1 is 1.16 bits per heavy atom. The molecule has 1 aliphatic heterocycles. The molecule has 9 atom stereocenters. The van der Waals surface area contributed by atoms with Gasteiger partial charge in [0, 0.05) is 35.0 Å². The smallest absolute Gasteiger partial charge is 0.175 e. The minimum absolute atomic E-state index is 0.0256. The lowest BCUT2D eigenvalue weighted by Gasteiger charge is -2.59. The monoisotopic (exact) mass is 524 g/mol. The summed E-state index contributed by atoms with van der Waals surface area (Å²) >= 11 is 0. The van der Waals surface area contributed by atoms with Crippen LogP contribution in [0.3, 0.4) is 0 Å². The van der Waals surface area contributed by atoms with Crippen LogP contribution in [0.15, 0.2) is 23.8 Å². The molecular formula is C32H44O6. The SMILES string of the molecule is CC(C)C(=O)CC(=O)C12OC(C3CCCCC3)OC1CC1C3CC=C4CC(=O)C=CC4(C)C3C(O)CC12C. The van der Waals surface area contributed by atoms with E-state index in [0.717, 1.165) is 37.7 Å². The first-order valence-corrected chi connectivity index (χ1v) is 15.0. The van der Waals surface area contributed by atoms with Gasteiger partial charge >= 0.3 is 0 Å². The largest absolute Gasteiger partial charge is 0.393 e. The predicted octanol–water partition coefficient (Wildman–Crippen LogP) is 5.12. The zero-order valence-electron chi connectivity index (χ0n) is 23.4. The number of fused-ring (bicyclic) bond motifs is 7. The van der Waals surface area contributed by atoms with Crippen LogP contribution in [0.1, 0.15) is 91.9 Å². The zero-order chi connectivity index (χ0) is 27.0. The second-order valence-electron chi connectivity index (χ2n) is 13.9. The lowest BCUT2D eigenvalue weighted by Crippen LogP contribution is -2.63. The number of Topliss-reactive ketones (excluding diaryl/α,β-unsaturated/α-hetero) is 2. The van der Waals surface area contributed by atoms with Gasteiger partial charge in [-0.1, -0.05) is 64.7 Å². The third-order valence-corrected chi connectivity index (χ3v) is 11.6. The summed E-state index contributed by atoms with van der Waals surface area (Å²) in [6.45, 7) is 7.97. The summed E-state index contributed by atoms with van der Waals surface area (Å²) in [6, 6.07) is 0. The van der Waals surface area contributed by atoms with E-state index in [9.17, 15) is 19.5 Å². The molecule has 6 heteroatoms. The molecule has 9 unspecified atom stereocenters. The summed E-state index contributed by atoms with van der Waals surface area (Å²) in [5, 5.41) is 11.9. The first-order valence-electron chi connectivity index (χ1n) is 15.0. The van der Waals surface area contributed by atoms with Gasteiger partial charge in [-0.15, -0.1) is 0 Å². The van der Waals surface area contributed by atoms with Crippen molar-refractivity contribution in [2.45, 2.75) is 116 Å². The van der Waals surface area contributed by atoms with Crippen molar-refractivity contribution in [2.75, 3.05) is 0 Å². The number of allylic oxidation sites excluding steroid dienone is 4. The molecule has 0 aromatic heterocycles. The fourth-order valence-corrected chi connectivity index (χ4v) is 9.61. The van der Waals surface area contributed by atoms with E-state index in [1.165, 1.54) is 6.42 Å². The second kappa shape index (κ2) is 9.21. The average molecular weight is 525 g/mol. The molecule has 0 radical (unpaired) electrons. The van der Waals surface area contributed by atoms with Gasteiger partial charge in [0.15, 0.2) is 23.5 Å². The summed E-state index contributed by atoms with van der Waals surface area (Å²) in [7, 11) is 0. The van der Waals surface area contributed by atoms with Crippen LogP contribution in [0.5, 0.6) is 0 Å². The minimum Gasteiger partial charge on any atom is -0.393 e. The predicted molar refractivity (Wildman–Crippen MR) is 142 cm³/mol. The first-order chi connectivity index (χ1) is 18.0. The quantitative estimate of drug-likeness (QED) is 0.397. The highest BCUT2D eigenvalue weighted by Crippen LogP contribution is 2.69. The fraction of sp³-hybridized carbons (Fsp3) is 0.781. The third-order valence-electron chi connectivity index (χ3n) is 11.6. The van der Waals surface area contributed by atoms with Crippen molar-refractivity contribution in [3.8, 4) is 0 Å². The normalized spacial score (nSPS) is 46.3. The molecule has 6 nitrogen and oxygen atoms in total. The Morgan fingerprint density at radius 2 is 1.89 bits per heavy atom. The Kier molecular flexibility index (Phi) is 6.44. The highest BCUT2D eigenvalue weighted by molar-refractivity contribution is 6.05. The Labute approximate surface area is 226 Å². The summed E-state index contributed by atoms with van der Waals surface area (Å²) in [4.78, 5) is 39.3. The molecule has 0 aromatic rings. The third kappa shape index (κ3) is 3.65. The van der Waals surface area contributed by atoms with Crippen molar-refractivity contribution in [2.24, 2.45) is 40.4 Å². The second-order valence-corrected chi connectivity index (χ2v) is 13.9. The fourth-order valence-electron chi connectivity index (χ4n) is 9.61. The molecule has 6 aliphatic rings. The number of hydrogen-bond acceptors (Lipinski definition) is 6. The van der Waals surface area contributed by atoms with Gasteiger partial charge < -0.3 is 14.6 Å². The number of ether oxygens (including phenoxy) is 2. The lowest BCUT2D eigenvalue weighted by atomic mass is 9.46. The summed E-state index contributed by atoms with van der Waals surface area (Å²) in [6.07, 6.45) is 12.2. The van der Waals surface area contributed by atoms with E-state index in [2.05, 4.69) is 19.9 Å². The van der Waals surface area contributed by atoms with Crippen LogP contribution < -0.4 is 0 Å². The van der Waals surface area contributed by atoms with Crippen molar-refractivity contribution in [1.82, 2.24) is 0 Å². The Morgan fingerprint density at radius 3 is 2.61 bits per heavy atom. The molecule has 5 aliphatic carbocycles. The van der Waals surface area contributed by atoms with Gasteiger partial charge in [-0.2, -0.15) is 0 Å². The van der Waals surface area contributed by atoms with Gasteiger partial charge in [-0.3, -0.25) is 14.4 Å². The van der Waals surface area contributed by atoms with E-state index in [1.807, 2.05) is 19.9 Å². The van der Waals surface area contributed by atoms with E-state index < -0.39 is 29.5 Å². The van der Waals surface area contributed by atoms with Crippen LogP contribution in [-0.2, 0) is 23.9 Å². The molecule has 6 rings (SSSR count). The highest BCUT2D eigenvalue weighted by Gasteiger charge is 2.76. The van der Waals surface area contributed by atoms with Crippen LogP contribution in [0.25, 0.3) is 0 Å². The van der Waals surface area contributed by atoms with Crippen molar-refractivity contribution in [1.29, 1.82) is 0 Å². The molecule has 0 amide bonds. The van der Waals surface area contributed by atoms with E-state index >= 15 is 0 Å². The minimum atomic E-state index is -1.21. The molecule has 38 heavy (non-hydrogen) atoms. The molecule has 0 bridgehead atoms. The maximum absolute atomic E-state index is 14.3. The number of ketones is 3. The lowest BCUT2D eigenvalue weighted by molar-refractivity contribution is -0.206. The maximum Gasteiger partial charge on any atom is 0.175 e. The zero-order valence-corrected chi connectivity index (χ0v) is 23.4. The molecular weight excluding hydrogens is 480 g/mol. The van der Waals surface area contributed by atoms with Gasteiger partial charge in [0.25, 0.3) is 0 Å². The number of rotatable bonds is 5. The summed E-state index contributed by atoms with van der Waals surface area (Å²) in [5.74, 6) is 0.181. The van der Waals surface area contributed by atoms with Gasteiger partial charge in [0.05, 0.1) is 18.6 Å². The summed E-state index contributed by atoms with van der Waals surface area (Å²) in [5.41, 5.74) is -1.09. The molecule has 208 valence electrons. The molecule has 0 spiro atoms. The molecule has 4 fully saturated rings. The first kappa shape index (κ1) is 26.6. The molecule has 3 saturated carbocycles. The Bertz CT molecular complexity index is 1080. The van der Waals surface area contributed by atoms with Crippen molar-refractivity contribution >= 4 is 17.3 Å². The van der Waals surface area contributed by atoms with Crippen molar-refractivity contribution in [3.05, 3.63) is 23.8 Å². The highest BCUT2D eigenvalue weighted by atomic mass is 16.7. The van der Waals surface area contributed by atoms with Gasteiger partial charge in [-0.25, -0.2) is 0 Å². The van der Waals surface area contributed by atoms with Crippen LogP contribution in [-0.4, -0.2) is 46.6 Å². The average Bonchev–Trinajstić information content (AvgIpc) is 3.38. The van der Waals surface area contributed by atoms with Gasteiger partial charge in [-0.05, 0) is 50.0 Å². The number of aliphatic hydroxyl groups is 1.